The first-order chi connectivity index (χ1) is 9.15. The molecule has 0 radical (unpaired) electrons. The van der Waals surface area contributed by atoms with Gasteiger partial charge in [-0.1, -0.05) is 0 Å². The Balaban J connectivity index is 1.69. The molecule has 4 nitrogen and oxygen atoms in total. The van der Waals surface area contributed by atoms with Crippen molar-refractivity contribution in [3.63, 3.8) is 0 Å². The largest absolute Gasteiger partial charge is 0.353 e. The van der Waals surface area contributed by atoms with Gasteiger partial charge in [-0.05, 0) is 58.5 Å². The van der Waals surface area contributed by atoms with Gasteiger partial charge < -0.3 is 15.5 Å². The molecule has 0 aromatic carbocycles. The van der Waals surface area contributed by atoms with Crippen LogP contribution in [0.3, 0.4) is 0 Å². The lowest BCUT2D eigenvalue weighted by molar-refractivity contribution is -0.121. The third-order valence-electron chi connectivity index (χ3n) is 4.25. The molecule has 1 saturated carbocycles. The highest BCUT2D eigenvalue weighted by Crippen LogP contribution is 2.19. The third kappa shape index (κ3) is 5.49. The van der Waals surface area contributed by atoms with Gasteiger partial charge in [-0.15, -0.1) is 0 Å². The number of piperidine rings is 1. The fraction of sp³-hybridized carbons (Fsp3) is 0.933. The quantitative estimate of drug-likeness (QED) is 0.732. The lowest BCUT2D eigenvalue weighted by Gasteiger charge is -2.32. The summed E-state index contributed by atoms with van der Waals surface area (Å²) in [7, 11) is 0. The Labute approximate surface area is 117 Å². The minimum atomic E-state index is 0.235. The first-order valence-electron chi connectivity index (χ1n) is 7.89. The van der Waals surface area contributed by atoms with Gasteiger partial charge in [0.25, 0.3) is 0 Å². The van der Waals surface area contributed by atoms with E-state index >= 15 is 0 Å². The number of nitrogens with zero attached hydrogens (tertiary/aromatic N) is 1. The molecule has 1 saturated heterocycles. The summed E-state index contributed by atoms with van der Waals surface area (Å²) < 4.78 is 0. The molecule has 0 bridgehead atoms. The van der Waals surface area contributed by atoms with E-state index in [1.165, 1.54) is 25.7 Å². The topological polar surface area (TPSA) is 44.4 Å². The van der Waals surface area contributed by atoms with Crippen molar-refractivity contribution >= 4 is 5.91 Å². The molecule has 1 aliphatic heterocycles. The molecular formula is C15H29N3O. The monoisotopic (exact) mass is 267 g/mol. The standard InChI is InChI=1S/C15H29N3O/c1-12(2)18(11-13-5-8-16-9-6-13)10-7-15(19)17-14-3-4-14/h12-14,16H,3-11H2,1-2H3,(H,17,19). The smallest absolute Gasteiger partial charge is 0.221 e. The highest BCUT2D eigenvalue weighted by atomic mass is 16.1. The molecule has 0 unspecified atom stereocenters. The van der Waals surface area contributed by atoms with Crippen molar-refractivity contribution in [1.82, 2.24) is 15.5 Å². The first kappa shape index (κ1) is 14.8. The van der Waals surface area contributed by atoms with Crippen molar-refractivity contribution in [3.8, 4) is 0 Å². The lowest BCUT2D eigenvalue weighted by atomic mass is 9.97. The van der Waals surface area contributed by atoms with E-state index in [-0.39, 0.29) is 5.91 Å². The maximum Gasteiger partial charge on any atom is 0.221 e. The molecule has 0 aromatic heterocycles. The predicted octanol–water partition coefficient (Wildman–Crippen LogP) is 1.37. The van der Waals surface area contributed by atoms with Gasteiger partial charge in [-0.25, -0.2) is 0 Å². The summed E-state index contributed by atoms with van der Waals surface area (Å²) >= 11 is 0. The van der Waals surface area contributed by atoms with Gasteiger partial charge in [0.15, 0.2) is 0 Å². The number of carbonyl (C=O) groups is 1. The van der Waals surface area contributed by atoms with Crippen molar-refractivity contribution in [2.75, 3.05) is 26.2 Å². The van der Waals surface area contributed by atoms with Crippen LogP contribution in [0.5, 0.6) is 0 Å². The zero-order valence-electron chi connectivity index (χ0n) is 12.5. The van der Waals surface area contributed by atoms with Crippen LogP contribution in [-0.2, 0) is 4.79 Å². The molecule has 0 atom stereocenters. The average molecular weight is 267 g/mol. The van der Waals surface area contributed by atoms with E-state index in [2.05, 4.69) is 29.4 Å². The molecule has 110 valence electrons. The summed E-state index contributed by atoms with van der Waals surface area (Å²) in [6.45, 7) is 8.83. The van der Waals surface area contributed by atoms with Gasteiger partial charge in [0.05, 0.1) is 0 Å². The second-order valence-electron chi connectivity index (χ2n) is 6.37. The molecule has 4 heteroatoms. The zero-order valence-corrected chi connectivity index (χ0v) is 12.5. The second-order valence-corrected chi connectivity index (χ2v) is 6.37. The molecule has 19 heavy (non-hydrogen) atoms. The van der Waals surface area contributed by atoms with Gasteiger partial charge in [-0.3, -0.25) is 4.79 Å². The fourth-order valence-electron chi connectivity index (χ4n) is 2.73. The number of hydrogen-bond donors (Lipinski definition) is 2. The van der Waals surface area contributed by atoms with Crippen molar-refractivity contribution < 1.29 is 4.79 Å². The molecule has 1 aliphatic carbocycles. The van der Waals surface area contributed by atoms with E-state index in [1.54, 1.807) is 0 Å². The van der Waals surface area contributed by atoms with Crippen LogP contribution in [-0.4, -0.2) is 49.1 Å². The number of amides is 1. The van der Waals surface area contributed by atoms with Gasteiger partial charge in [0, 0.05) is 31.6 Å². The summed E-state index contributed by atoms with van der Waals surface area (Å²) in [5, 5.41) is 6.49. The molecule has 0 aromatic rings. The van der Waals surface area contributed by atoms with E-state index in [9.17, 15) is 4.79 Å². The minimum Gasteiger partial charge on any atom is -0.353 e. The molecule has 1 heterocycles. The maximum absolute atomic E-state index is 11.8. The van der Waals surface area contributed by atoms with Crippen LogP contribution in [0, 0.1) is 5.92 Å². The average Bonchev–Trinajstić information content (AvgIpc) is 3.19. The van der Waals surface area contributed by atoms with Crippen molar-refractivity contribution in [3.05, 3.63) is 0 Å². The second kappa shape index (κ2) is 7.25. The summed E-state index contributed by atoms with van der Waals surface area (Å²) in [4.78, 5) is 14.2. The fourth-order valence-corrected chi connectivity index (χ4v) is 2.73. The van der Waals surface area contributed by atoms with Crippen molar-refractivity contribution in [2.45, 2.75) is 58.0 Å². The van der Waals surface area contributed by atoms with Crippen LogP contribution in [0.25, 0.3) is 0 Å². The van der Waals surface area contributed by atoms with E-state index in [4.69, 9.17) is 0 Å². The third-order valence-corrected chi connectivity index (χ3v) is 4.25. The Hall–Kier alpha value is -0.610. The SMILES string of the molecule is CC(C)N(CCC(=O)NC1CC1)CC1CCNCC1. The van der Waals surface area contributed by atoms with E-state index in [0.717, 1.165) is 32.1 Å². The lowest BCUT2D eigenvalue weighted by Crippen LogP contribution is -2.41. The molecular weight excluding hydrogens is 238 g/mol. The predicted molar refractivity (Wildman–Crippen MR) is 78.1 cm³/mol. The zero-order chi connectivity index (χ0) is 13.7. The van der Waals surface area contributed by atoms with Crippen molar-refractivity contribution in [2.24, 2.45) is 5.92 Å². The Morgan fingerprint density at radius 2 is 1.95 bits per heavy atom. The van der Waals surface area contributed by atoms with Crippen LogP contribution in [0.2, 0.25) is 0 Å². The number of carbonyl (C=O) groups excluding carboxylic acids is 1. The van der Waals surface area contributed by atoms with Gasteiger partial charge >= 0.3 is 0 Å². The van der Waals surface area contributed by atoms with Crippen LogP contribution in [0.1, 0.15) is 46.0 Å². The molecule has 1 amide bonds. The van der Waals surface area contributed by atoms with E-state index in [1.807, 2.05) is 0 Å². The van der Waals surface area contributed by atoms with Gasteiger partial charge in [0.2, 0.25) is 5.91 Å². The van der Waals surface area contributed by atoms with Crippen LogP contribution in [0.4, 0.5) is 0 Å². The molecule has 2 N–H and O–H groups in total. The minimum absolute atomic E-state index is 0.235. The highest BCUT2D eigenvalue weighted by Gasteiger charge is 2.24. The Bertz CT molecular complexity index is 283. The molecule has 2 rings (SSSR count). The number of rotatable bonds is 7. The number of hydrogen-bond acceptors (Lipinski definition) is 3. The molecule has 2 fully saturated rings. The van der Waals surface area contributed by atoms with Crippen LogP contribution >= 0.6 is 0 Å². The summed E-state index contributed by atoms with van der Waals surface area (Å²) in [5.41, 5.74) is 0. The van der Waals surface area contributed by atoms with Gasteiger partial charge in [0.1, 0.15) is 0 Å². The summed E-state index contributed by atoms with van der Waals surface area (Å²) in [5.74, 6) is 1.04. The number of nitrogens with one attached hydrogen (secondary N) is 2. The highest BCUT2D eigenvalue weighted by molar-refractivity contribution is 5.76. The Morgan fingerprint density at radius 1 is 1.26 bits per heavy atom. The van der Waals surface area contributed by atoms with Crippen molar-refractivity contribution in [1.29, 1.82) is 0 Å². The maximum atomic E-state index is 11.8. The van der Waals surface area contributed by atoms with E-state index < -0.39 is 0 Å². The Morgan fingerprint density at radius 3 is 2.53 bits per heavy atom. The molecule has 2 aliphatic rings. The van der Waals surface area contributed by atoms with Gasteiger partial charge in [-0.2, -0.15) is 0 Å². The summed E-state index contributed by atoms with van der Waals surface area (Å²) in [6, 6.07) is 1.02. The van der Waals surface area contributed by atoms with Crippen LogP contribution < -0.4 is 10.6 Å². The van der Waals surface area contributed by atoms with E-state index in [0.29, 0.717) is 18.5 Å². The summed E-state index contributed by atoms with van der Waals surface area (Å²) in [6.07, 6.45) is 5.55. The first-order valence-corrected chi connectivity index (χ1v) is 7.89. The molecule has 0 spiro atoms. The van der Waals surface area contributed by atoms with Crippen LogP contribution in [0.15, 0.2) is 0 Å². The Kier molecular flexibility index (Phi) is 5.64. The normalized spacial score (nSPS) is 21.1.